The summed E-state index contributed by atoms with van der Waals surface area (Å²) < 4.78 is 4.93. The Hall–Kier alpha value is -1.33. The van der Waals surface area contributed by atoms with Crippen LogP contribution in [0.1, 0.15) is 30.1 Å². The van der Waals surface area contributed by atoms with E-state index < -0.39 is 10.9 Å². The van der Waals surface area contributed by atoms with Gasteiger partial charge < -0.3 is 4.74 Å². The van der Waals surface area contributed by atoms with Gasteiger partial charge in [0.15, 0.2) is 0 Å². The fraction of sp³-hybridized carbons (Fsp3) is 0.364. The zero-order chi connectivity index (χ0) is 13.7. The van der Waals surface area contributed by atoms with E-state index in [-0.39, 0.29) is 27.9 Å². The van der Waals surface area contributed by atoms with Crippen molar-refractivity contribution in [1.29, 1.82) is 0 Å². The standard InChI is InChI=1S/C11H11Cl2NO4/c1-2-3-4-18-11(15)8-5-7(14(16)17)6-9(12)10(8)13/h5-6H,2-4H2,1H3. The van der Waals surface area contributed by atoms with Crippen molar-refractivity contribution in [2.45, 2.75) is 19.8 Å². The summed E-state index contributed by atoms with van der Waals surface area (Å²) in [5, 5.41) is 10.6. The maximum Gasteiger partial charge on any atom is 0.339 e. The van der Waals surface area contributed by atoms with Crippen LogP contribution in [0, 0.1) is 10.1 Å². The van der Waals surface area contributed by atoms with Gasteiger partial charge in [0.25, 0.3) is 5.69 Å². The van der Waals surface area contributed by atoms with E-state index in [2.05, 4.69) is 0 Å². The molecule has 98 valence electrons. The molecule has 7 heteroatoms. The number of carbonyl (C=O) groups excluding carboxylic acids is 1. The topological polar surface area (TPSA) is 69.4 Å². The maximum absolute atomic E-state index is 11.7. The molecular weight excluding hydrogens is 281 g/mol. The predicted molar refractivity (Wildman–Crippen MR) is 68.3 cm³/mol. The largest absolute Gasteiger partial charge is 0.462 e. The van der Waals surface area contributed by atoms with Gasteiger partial charge in [-0.2, -0.15) is 0 Å². The van der Waals surface area contributed by atoms with Crippen molar-refractivity contribution in [3.8, 4) is 0 Å². The van der Waals surface area contributed by atoms with Crippen molar-refractivity contribution < 1.29 is 14.5 Å². The van der Waals surface area contributed by atoms with Crippen LogP contribution < -0.4 is 0 Å². The minimum atomic E-state index is -0.709. The number of ether oxygens (including phenoxy) is 1. The lowest BCUT2D eigenvalue weighted by molar-refractivity contribution is -0.384. The number of nitro benzene ring substituents is 1. The molecule has 0 amide bonds. The summed E-state index contributed by atoms with van der Waals surface area (Å²) in [4.78, 5) is 21.7. The molecule has 1 aromatic rings. The second-order valence-electron chi connectivity index (χ2n) is 3.54. The molecular formula is C11H11Cl2NO4. The van der Waals surface area contributed by atoms with Crippen molar-refractivity contribution in [3.05, 3.63) is 37.9 Å². The summed E-state index contributed by atoms with van der Waals surface area (Å²) in [6.45, 7) is 2.19. The van der Waals surface area contributed by atoms with E-state index in [1.54, 1.807) is 0 Å². The number of hydrogen-bond acceptors (Lipinski definition) is 4. The van der Waals surface area contributed by atoms with E-state index in [0.29, 0.717) is 6.42 Å². The van der Waals surface area contributed by atoms with Gasteiger partial charge in [0.1, 0.15) is 0 Å². The fourth-order valence-corrected chi connectivity index (χ4v) is 1.62. The summed E-state index contributed by atoms with van der Waals surface area (Å²) in [6, 6.07) is 2.15. The van der Waals surface area contributed by atoms with Crippen LogP contribution in [0.25, 0.3) is 0 Å². The van der Waals surface area contributed by atoms with E-state index in [1.807, 2.05) is 6.92 Å². The molecule has 0 aliphatic carbocycles. The van der Waals surface area contributed by atoms with Crippen LogP contribution in [0.4, 0.5) is 5.69 Å². The van der Waals surface area contributed by atoms with Crippen molar-refractivity contribution in [2.75, 3.05) is 6.61 Å². The average Bonchev–Trinajstić information content (AvgIpc) is 2.32. The third-order valence-electron chi connectivity index (χ3n) is 2.17. The number of nitrogens with zero attached hydrogens (tertiary/aromatic N) is 1. The average molecular weight is 292 g/mol. The molecule has 0 saturated carbocycles. The van der Waals surface area contributed by atoms with Gasteiger partial charge >= 0.3 is 5.97 Å². The second kappa shape index (κ2) is 6.56. The van der Waals surface area contributed by atoms with Gasteiger partial charge in [-0.05, 0) is 6.42 Å². The van der Waals surface area contributed by atoms with Gasteiger partial charge in [-0.15, -0.1) is 0 Å². The van der Waals surface area contributed by atoms with Gasteiger partial charge in [0, 0.05) is 12.1 Å². The van der Waals surface area contributed by atoms with Gasteiger partial charge in [-0.25, -0.2) is 4.79 Å². The van der Waals surface area contributed by atoms with Crippen molar-refractivity contribution >= 4 is 34.9 Å². The molecule has 0 aliphatic heterocycles. The van der Waals surface area contributed by atoms with Crippen LogP contribution in [-0.4, -0.2) is 17.5 Å². The molecule has 0 saturated heterocycles. The van der Waals surface area contributed by atoms with E-state index >= 15 is 0 Å². The molecule has 0 fully saturated rings. The first-order chi connectivity index (χ1) is 8.47. The monoisotopic (exact) mass is 291 g/mol. The highest BCUT2D eigenvalue weighted by atomic mass is 35.5. The molecule has 5 nitrogen and oxygen atoms in total. The number of non-ortho nitro benzene ring substituents is 1. The highest BCUT2D eigenvalue weighted by Gasteiger charge is 2.20. The summed E-state index contributed by atoms with van der Waals surface area (Å²) >= 11 is 11.5. The Morgan fingerprint density at radius 1 is 1.44 bits per heavy atom. The van der Waals surface area contributed by atoms with Crippen LogP contribution in [0.2, 0.25) is 10.0 Å². The molecule has 0 bridgehead atoms. The molecule has 0 heterocycles. The molecule has 0 atom stereocenters. The molecule has 0 unspecified atom stereocenters. The van der Waals surface area contributed by atoms with Crippen LogP contribution in [0.15, 0.2) is 12.1 Å². The zero-order valence-corrected chi connectivity index (χ0v) is 11.1. The highest BCUT2D eigenvalue weighted by molar-refractivity contribution is 6.43. The lowest BCUT2D eigenvalue weighted by Crippen LogP contribution is -2.08. The number of hydrogen-bond donors (Lipinski definition) is 0. The minimum Gasteiger partial charge on any atom is -0.462 e. The van der Waals surface area contributed by atoms with Crippen LogP contribution in [0.3, 0.4) is 0 Å². The number of halogens is 2. The number of unbranched alkanes of at least 4 members (excludes halogenated alkanes) is 1. The Bertz CT molecular complexity index is 476. The maximum atomic E-state index is 11.7. The summed E-state index contributed by atoms with van der Waals surface area (Å²) in [7, 11) is 0. The Morgan fingerprint density at radius 3 is 2.67 bits per heavy atom. The Morgan fingerprint density at radius 2 is 2.11 bits per heavy atom. The van der Waals surface area contributed by atoms with Crippen LogP contribution >= 0.6 is 23.2 Å². The highest BCUT2D eigenvalue weighted by Crippen LogP contribution is 2.31. The number of rotatable bonds is 5. The molecule has 0 aliphatic rings. The second-order valence-corrected chi connectivity index (χ2v) is 4.32. The van der Waals surface area contributed by atoms with E-state index in [9.17, 15) is 14.9 Å². The first kappa shape index (κ1) is 14.7. The predicted octanol–water partition coefficient (Wildman–Crippen LogP) is 3.86. The van der Waals surface area contributed by atoms with Crippen molar-refractivity contribution in [3.63, 3.8) is 0 Å². The first-order valence-corrected chi connectivity index (χ1v) is 6.03. The molecule has 0 N–H and O–H groups in total. The van der Waals surface area contributed by atoms with Crippen LogP contribution in [-0.2, 0) is 4.74 Å². The molecule has 0 aromatic heterocycles. The van der Waals surface area contributed by atoms with Gasteiger partial charge in [-0.3, -0.25) is 10.1 Å². The van der Waals surface area contributed by atoms with Gasteiger partial charge in [-0.1, -0.05) is 36.5 Å². The van der Waals surface area contributed by atoms with E-state index in [0.717, 1.165) is 18.6 Å². The molecule has 0 spiro atoms. The molecule has 1 rings (SSSR count). The molecule has 18 heavy (non-hydrogen) atoms. The SMILES string of the molecule is CCCCOC(=O)c1cc([N+](=O)[O-])cc(Cl)c1Cl. The van der Waals surface area contributed by atoms with Crippen molar-refractivity contribution in [1.82, 2.24) is 0 Å². The molecule has 0 radical (unpaired) electrons. The van der Waals surface area contributed by atoms with Gasteiger partial charge in [0.2, 0.25) is 0 Å². The van der Waals surface area contributed by atoms with E-state index in [1.165, 1.54) is 0 Å². The number of benzene rings is 1. The third kappa shape index (κ3) is 3.58. The summed E-state index contributed by atoms with van der Waals surface area (Å²) in [6.07, 6.45) is 1.59. The van der Waals surface area contributed by atoms with E-state index in [4.69, 9.17) is 27.9 Å². The van der Waals surface area contributed by atoms with Gasteiger partial charge in [0.05, 0.1) is 27.1 Å². The fourth-order valence-electron chi connectivity index (χ4n) is 1.22. The third-order valence-corrected chi connectivity index (χ3v) is 2.98. The lowest BCUT2D eigenvalue weighted by Gasteiger charge is -2.06. The minimum absolute atomic E-state index is 0.0382. The smallest absolute Gasteiger partial charge is 0.339 e. The summed E-state index contributed by atoms with van der Waals surface area (Å²) in [5.74, 6) is -0.709. The number of carbonyl (C=O) groups is 1. The quantitative estimate of drug-likeness (QED) is 0.357. The normalized spacial score (nSPS) is 10.2. The lowest BCUT2D eigenvalue weighted by atomic mass is 10.2. The number of nitro groups is 1. The Kier molecular flexibility index (Phi) is 5.37. The molecule has 1 aromatic carbocycles. The van der Waals surface area contributed by atoms with Crippen molar-refractivity contribution in [2.24, 2.45) is 0 Å². The Balaban J connectivity index is 2.99. The first-order valence-electron chi connectivity index (χ1n) is 5.28. The van der Waals surface area contributed by atoms with Crippen LogP contribution in [0.5, 0.6) is 0 Å². The summed E-state index contributed by atoms with van der Waals surface area (Å²) in [5.41, 5.74) is -0.390. The zero-order valence-electron chi connectivity index (χ0n) is 9.61. The number of esters is 1. The Labute approximate surface area is 114 Å².